The van der Waals surface area contributed by atoms with Gasteiger partial charge in [-0.05, 0) is 42.3 Å². The molecule has 29 heavy (non-hydrogen) atoms. The van der Waals surface area contributed by atoms with Crippen LogP contribution in [0.25, 0.3) is 6.08 Å². The molecule has 0 aliphatic rings. The number of hydrogen-bond donors (Lipinski definition) is 0. The molecule has 0 aromatic heterocycles. The van der Waals surface area contributed by atoms with E-state index in [9.17, 15) is 4.79 Å². The van der Waals surface area contributed by atoms with Crippen LogP contribution in [0, 0.1) is 0 Å². The number of ether oxygens (including phenoxy) is 2. The Morgan fingerprint density at radius 2 is 1.55 bits per heavy atom. The number of carbonyl (C=O) groups excluding carboxylic acids is 1. The lowest BCUT2D eigenvalue weighted by Gasteiger charge is -2.07. The first-order chi connectivity index (χ1) is 14.2. The van der Waals surface area contributed by atoms with Crippen molar-refractivity contribution >= 4 is 11.9 Å². The second-order valence-electron chi connectivity index (χ2n) is 7.32. The van der Waals surface area contributed by atoms with Crippen LogP contribution in [-0.4, -0.2) is 19.5 Å². The number of carbonyl (C=O) groups is 1. The molecule has 0 N–H and O–H groups in total. The third-order valence-corrected chi connectivity index (χ3v) is 4.93. The van der Waals surface area contributed by atoms with Crippen molar-refractivity contribution in [1.82, 2.24) is 0 Å². The number of rotatable bonds is 14. The summed E-state index contributed by atoms with van der Waals surface area (Å²) in [4.78, 5) is 12.4. The standard InChI is InChI=1S/C26H34O3/c1-3-4-5-6-7-8-9-10-20-29-25-13-11-12-23(21-25)26(27)19-16-22-14-17-24(28-2)18-15-22/h11-19,21H,3-10,20H2,1-2H3/b19-16+. The Labute approximate surface area is 175 Å². The van der Waals surface area contributed by atoms with Crippen molar-refractivity contribution in [3.63, 3.8) is 0 Å². The molecule has 0 unspecified atom stereocenters. The Balaban J connectivity index is 1.73. The maximum absolute atomic E-state index is 12.4. The lowest BCUT2D eigenvalue weighted by molar-refractivity contribution is 0.104. The van der Waals surface area contributed by atoms with Crippen LogP contribution in [-0.2, 0) is 0 Å². The summed E-state index contributed by atoms with van der Waals surface area (Å²) in [5.41, 5.74) is 1.60. The van der Waals surface area contributed by atoms with Crippen LogP contribution in [0.2, 0.25) is 0 Å². The van der Waals surface area contributed by atoms with E-state index < -0.39 is 0 Å². The van der Waals surface area contributed by atoms with E-state index in [0.29, 0.717) is 12.2 Å². The highest BCUT2D eigenvalue weighted by molar-refractivity contribution is 6.07. The van der Waals surface area contributed by atoms with Gasteiger partial charge in [-0.25, -0.2) is 0 Å². The number of unbranched alkanes of at least 4 members (excludes halogenated alkanes) is 7. The quantitative estimate of drug-likeness (QED) is 0.194. The molecule has 0 saturated carbocycles. The molecule has 156 valence electrons. The van der Waals surface area contributed by atoms with Crippen LogP contribution in [0.5, 0.6) is 11.5 Å². The zero-order valence-corrected chi connectivity index (χ0v) is 17.9. The maximum atomic E-state index is 12.4. The van der Waals surface area contributed by atoms with Gasteiger partial charge in [0.25, 0.3) is 0 Å². The number of benzene rings is 2. The van der Waals surface area contributed by atoms with Crippen LogP contribution >= 0.6 is 0 Å². The average Bonchev–Trinajstić information content (AvgIpc) is 2.77. The number of ketones is 1. The Kier molecular flexibility index (Phi) is 10.7. The van der Waals surface area contributed by atoms with E-state index in [1.165, 1.54) is 44.9 Å². The summed E-state index contributed by atoms with van der Waals surface area (Å²) in [7, 11) is 1.64. The van der Waals surface area contributed by atoms with Crippen molar-refractivity contribution in [1.29, 1.82) is 0 Å². The van der Waals surface area contributed by atoms with E-state index in [-0.39, 0.29) is 5.78 Å². The fourth-order valence-electron chi connectivity index (χ4n) is 3.15. The van der Waals surface area contributed by atoms with Gasteiger partial charge in [0, 0.05) is 5.56 Å². The smallest absolute Gasteiger partial charge is 0.185 e. The minimum atomic E-state index is -0.0293. The van der Waals surface area contributed by atoms with Gasteiger partial charge >= 0.3 is 0 Å². The van der Waals surface area contributed by atoms with Crippen molar-refractivity contribution < 1.29 is 14.3 Å². The number of hydrogen-bond acceptors (Lipinski definition) is 3. The van der Waals surface area contributed by atoms with E-state index in [1.54, 1.807) is 13.2 Å². The molecular formula is C26H34O3. The molecule has 2 aromatic rings. The molecule has 0 radical (unpaired) electrons. The summed E-state index contributed by atoms with van der Waals surface area (Å²) < 4.78 is 11.0. The largest absolute Gasteiger partial charge is 0.497 e. The molecule has 2 aromatic carbocycles. The SMILES string of the molecule is CCCCCCCCCCOc1cccc(C(=O)/C=C/c2ccc(OC)cc2)c1. The highest BCUT2D eigenvalue weighted by Gasteiger charge is 2.04. The van der Waals surface area contributed by atoms with Crippen molar-refractivity contribution in [3.05, 3.63) is 65.7 Å². The van der Waals surface area contributed by atoms with Crippen LogP contribution in [0.15, 0.2) is 54.6 Å². The van der Waals surface area contributed by atoms with E-state index in [2.05, 4.69) is 6.92 Å². The topological polar surface area (TPSA) is 35.5 Å². The third-order valence-electron chi connectivity index (χ3n) is 4.93. The third kappa shape index (κ3) is 8.99. The second kappa shape index (κ2) is 13.6. The van der Waals surface area contributed by atoms with Gasteiger partial charge in [0.05, 0.1) is 13.7 Å². The molecule has 3 nitrogen and oxygen atoms in total. The minimum absolute atomic E-state index is 0.0293. The van der Waals surface area contributed by atoms with E-state index in [4.69, 9.17) is 9.47 Å². The van der Waals surface area contributed by atoms with Gasteiger partial charge in [0.15, 0.2) is 5.78 Å². The Bertz CT molecular complexity index is 747. The Morgan fingerprint density at radius 1 is 0.862 bits per heavy atom. The zero-order valence-electron chi connectivity index (χ0n) is 17.9. The first-order valence-electron chi connectivity index (χ1n) is 10.8. The summed E-state index contributed by atoms with van der Waals surface area (Å²) in [6, 6.07) is 15.0. The van der Waals surface area contributed by atoms with Gasteiger partial charge in [0.2, 0.25) is 0 Å². The Morgan fingerprint density at radius 3 is 2.24 bits per heavy atom. The highest BCUT2D eigenvalue weighted by atomic mass is 16.5. The van der Waals surface area contributed by atoms with Gasteiger partial charge in [-0.15, -0.1) is 0 Å². The molecule has 2 rings (SSSR count). The van der Waals surface area contributed by atoms with Gasteiger partial charge in [-0.3, -0.25) is 4.79 Å². The second-order valence-corrected chi connectivity index (χ2v) is 7.32. The maximum Gasteiger partial charge on any atom is 0.185 e. The van der Waals surface area contributed by atoms with Crippen molar-refractivity contribution in [3.8, 4) is 11.5 Å². The van der Waals surface area contributed by atoms with Crippen molar-refractivity contribution in [2.24, 2.45) is 0 Å². The molecular weight excluding hydrogens is 360 g/mol. The fraction of sp³-hybridized carbons (Fsp3) is 0.423. The van der Waals surface area contributed by atoms with Crippen LogP contribution in [0.4, 0.5) is 0 Å². The molecule has 0 spiro atoms. The van der Waals surface area contributed by atoms with Crippen LogP contribution in [0.3, 0.4) is 0 Å². The van der Waals surface area contributed by atoms with Gasteiger partial charge < -0.3 is 9.47 Å². The normalized spacial score (nSPS) is 11.0. The lowest BCUT2D eigenvalue weighted by Crippen LogP contribution is -1.99. The zero-order chi connectivity index (χ0) is 20.7. The number of methoxy groups -OCH3 is 1. The highest BCUT2D eigenvalue weighted by Crippen LogP contribution is 2.17. The van der Waals surface area contributed by atoms with Crippen LogP contribution in [0.1, 0.15) is 74.2 Å². The lowest BCUT2D eigenvalue weighted by atomic mass is 10.1. The van der Waals surface area contributed by atoms with Crippen LogP contribution < -0.4 is 9.47 Å². The minimum Gasteiger partial charge on any atom is -0.497 e. The average molecular weight is 395 g/mol. The first kappa shape index (κ1) is 22.7. The molecule has 3 heteroatoms. The molecule has 0 bridgehead atoms. The fourth-order valence-corrected chi connectivity index (χ4v) is 3.15. The molecule has 0 saturated heterocycles. The molecule has 0 aliphatic heterocycles. The molecule has 0 amide bonds. The van der Waals surface area contributed by atoms with Gasteiger partial charge in [-0.1, -0.05) is 82.2 Å². The summed E-state index contributed by atoms with van der Waals surface area (Å²) in [5, 5.41) is 0. The molecule has 0 atom stereocenters. The first-order valence-corrected chi connectivity index (χ1v) is 10.8. The summed E-state index contributed by atoms with van der Waals surface area (Å²) in [6.45, 7) is 2.95. The van der Waals surface area contributed by atoms with Gasteiger partial charge in [-0.2, -0.15) is 0 Å². The summed E-state index contributed by atoms with van der Waals surface area (Å²) >= 11 is 0. The summed E-state index contributed by atoms with van der Waals surface area (Å²) in [6.07, 6.45) is 13.6. The molecule has 0 fully saturated rings. The Hall–Kier alpha value is -2.55. The summed E-state index contributed by atoms with van der Waals surface area (Å²) in [5.74, 6) is 1.53. The van der Waals surface area contributed by atoms with E-state index in [0.717, 1.165) is 23.5 Å². The number of allylic oxidation sites excluding steroid dienone is 1. The van der Waals surface area contributed by atoms with Gasteiger partial charge in [0.1, 0.15) is 11.5 Å². The van der Waals surface area contributed by atoms with E-state index in [1.807, 2.05) is 54.6 Å². The monoisotopic (exact) mass is 394 g/mol. The van der Waals surface area contributed by atoms with E-state index >= 15 is 0 Å². The predicted octanol–water partition coefficient (Wildman–Crippen LogP) is 7.11. The molecule has 0 aliphatic carbocycles. The van der Waals surface area contributed by atoms with Crippen molar-refractivity contribution in [2.45, 2.75) is 58.3 Å². The molecule has 0 heterocycles. The van der Waals surface area contributed by atoms with Crippen molar-refractivity contribution in [2.75, 3.05) is 13.7 Å². The predicted molar refractivity (Wildman–Crippen MR) is 121 cm³/mol.